The fourth-order valence-electron chi connectivity index (χ4n) is 3.76. The minimum absolute atomic E-state index is 0.318. The Labute approximate surface area is 192 Å². The summed E-state index contributed by atoms with van der Waals surface area (Å²) in [5, 5.41) is 0. The molecule has 0 saturated heterocycles. The molecule has 0 aromatic heterocycles. The molecule has 0 bridgehead atoms. The number of methoxy groups -OCH3 is 1. The lowest BCUT2D eigenvalue weighted by Crippen LogP contribution is -2.37. The molecule has 3 aromatic carbocycles. The van der Waals surface area contributed by atoms with Gasteiger partial charge in [-0.3, -0.25) is 0 Å². The minimum Gasteiger partial charge on any atom is -0.462 e. The van der Waals surface area contributed by atoms with Gasteiger partial charge < -0.3 is 9.47 Å². The van der Waals surface area contributed by atoms with Crippen molar-refractivity contribution in [2.45, 2.75) is 12.5 Å². The van der Waals surface area contributed by atoms with Crippen LogP contribution in [-0.4, -0.2) is 25.4 Å². The highest BCUT2D eigenvalue weighted by molar-refractivity contribution is 9.10. The first-order valence-corrected chi connectivity index (χ1v) is 11.1. The summed E-state index contributed by atoms with van der Waals surface area (Å²) in [4.78, 5) is 17.3. The number of hydrogen-bond acceptors (Lipinski definition) is 4. The predicted octanol–water partition coefficient (Wildman–Crippen LogP) is 6.41. The van der Waals surface area contributed by atoms with Crippen molar-refractivity contribution in [3.63, 3.8) is 0 Å². The first kappa shape index (κ1) is 21.0. The van der Waals surface area contributed by atoms with E-state index >= 15 is 0 Å². The zero-order valence-electron chi connectivity index (χ0n) is 16.5. The van der Waals surface area contributed by atoms with Gasteiger partial charge in [0.2, 0.25) is 0 Å². The van der Waals surface area contributed by atoms with Crippen molar-refractivity contribution in [1.29, 1.82) is 0 Å². The summed E-state index contributed by atoms with van der Waals surface area (Å²) in [6.45, 7) is 2.11. The molecular weight excluding hydrogens is 510 g/mol. The van der Waals surface area contributed by atoms with E-state index in [2.05, 4.69) is 31.9 Å². The zero-order chi connectivity index (χ0) is 21.3. The van der Waals surface area contributed by atoms with Gasteiger partial charge in [0.15, 0.2) is 5.60 Å². The van der Waals surface area contributed by atoms with E-state index in [4.69, 9.17) is 14.5 Å². The van der Waals surface area contributed by atoms with Crippen molar-refractivity contribution in [3.8, 4) is 0 Å². The molecule has 3 aromatic rings. The van der Waals surface area contributed by atoms with Crippen LogP contribution < -0.4 is 0 Å². The number of rotatable bonds is 5. The van der Waals surface area contributed by atoms with E-state index < -0.39 is 5.60 Å². The molecule has 1 aliphatic heterocycles. The van der Waals surface area contributed by atoms with Crippen LogP contribution in [0.15, 0.2) is 80.7 Å². The fraction of sp³-hybridized carbons (Fsp3) is 0.167. The van der Waals surface area contributed by atoms with E-state index in [1.807, 2.05) is 60.7 Å². The highest BCUT2D eigenvalue weighted by atomic mass is 79.9. The molecular formula is C24H19Br2NO3. The van der Waals surface area contributed by atoms with Crippen LogP contribution in [0.4, 0.5) is 5.69 Å². The lowest BCUT2D eigenvalue weighted by Gasteiger charge is -2.32. The third-order valence-electron chi connectivity index (χ3n) is 5.13. The standard InChI is InChI=1S/C24H19Br2NO3/c1-3-30-23(28)16-6-13-21-20(14-16)24(29-2,17-7-11-19(26)12-8-17)22(27-21)15-4-9-18(25)10-5-15/h4-14H,3H2,1-2H3. The van der Waals surface area contributed by atoms with Crippen LogP contribution in [0.1, 0.15) is 34.0 Å². The molecule has 6 heteroatoms. The van der Waals surface area contributed by atoms with Crippen LogP contribution in [0.5, 0.6) is 0 Å². The summed E-state index contributed by atoms with van der Waals surface area (Å²) in [5.74, 6) is -0.363. The van der Waals surface area contributed by atoms with E-state index in [9.17, 15) is 4.79 Å². The van der Waals surface area contributed by atoms with Gasteiger partial charge in [-0.15, -0.1) is 0 Å². The van der Waals surface area contributed by atoms with Crippen molar-refractivity contribution >= 4 is 49.2 Å². The number of esters is 1. The van der Waals surface area contributed by atoms with Crippen LogP contribution in [0, 0.1) is 0 Å². The molecule has 0 amide bonds. The smallest absolute Gasteiger partial charge is 0.338 e. The number of hydrogen-bond donors (Lipinski definition) is 0. The van der Waals surface area contributed by atoms with Crippen molar-refractivity contribution < 1.29 is 14.3 Å². The molecule has 1 atom stereocenters. The van der Waals surface area contributed by atoms with Crippen LogP contribution >= 0.6 is 31.9 Å². The van der Waals surface area contributed by atoms with Gasteiger partial charge in [0.05, 0.1) is 23.6 Å². The first-order chi connectivity index (χ1) is 14.5. The molecule has 1 aliphatic rings. The third-order valence-corrected chi connectivity index (χ3v) is 6.18. The maximum Gasteiger partial charge on any atom is 0.338 e. The van der Waals surface area contributed by atoms with Gasteiger partial charge in [-0.05, 0) is 60.5 Å². The van der Waals surface area contributed by atoms with E-state index in [1.165, 1.54) is 0 Å². The van der Waals surface area contributed by atoms with Gasteiger partial charge in [0, 0.05) is 21.6 Å². The number of fused-ring (bicyclic) bond motifs is 1. The van der Waals surface area contributed by atoms with Crippen molar-refractivity contribution in [2.24, 2.45) is 4.99 Å². The Balaban J connectivity index is 1.95. The maximum atomic E-state index is 12.4. The first-order valence-electron chi connectivity index (χ1n) is 9.47. The Kier molecular flexibility index (Phi) is 5.91. The van der Waals surface area contributed by atoms with Crippen LogP contribution in [-0.2, 0) is 15.1 Å². The van der Waals surface area contributed by atoms with Gasteiger partial charge >= 0.3 is 5.97 Å². The quantitative estimate of drug-likeness (QED) is 0.359. The van der Waals surface area contributed by atoms with Crippen LogP contribution in [0.3, 0.4) is 0 Å². The van der Waals surface area contributed by atoms with Crippen molar-refractivity contribution in [2.75, 3.05) is 13.7 Å². The fourth-order valence-corrected chi connectivity index (χ4v) is 4.29. The second-order valence-electron chi connectivity index (χ2n) is 6.81. The van der Waals surface area contributed by atoms with Gasteiger partial charge in [0.1, 0.15) is 0 Å². The largest absolute Gasteiger partial charge is 0.462 e. The molecule has 0 radical (unpaired) electrons. The number of nitrogens with zero attached hydrogens (tertiary/aromatic N) is 1. The molecule has 0 fully saturated rings. The van der Waals surface area contributed by atoms with Gasteiger partial charge in [0.25, 0.3) is 0 Å². The second kappa shape index (κ2) is 8.46. The Morgan fingerprint density at radius 2 is 1.60 bits per heavy atom. The molecule has 4 rings (SSSR count). The van der Waals surface area contributed by atoms with E-state index in [0.717, 1.165) is 37.0 Å². The van der Waals surface area contributed by atoms with E-state index in [1.54, 1.807) is 20.1 Å². The Morgan fingerprint density at radius 3 is 2.20 bits per heavy atom. The van der Waals surface area contributed by atoms with Crippen LogP contribution in [0.2, 0.25) is 0 Å². The van der Waals surface area contributed by atoms with Gasteiger partial charge in [-0.25, -0.2) is 9.79 Å². The molecule has 4 nitrogen and oxygen atoms in total. The lowest BCUT2D eigenvalue weighted by molar-refractivity contribution is 0.0525. The summed E-state index contributed by atoms with van der Waals surface area (Å²) in [7, 11) is 1.67. The highest BCUT2D eigenvalue weighted by Gasteiger charge is 2.46. The Morgan fingerprint density at radius 1 is 0.967 bits per heavy atom. The summed E-state index contributed by atoms with van der Waals surface area (Å²) < 4.78 is 13.4. The van der Waals surface area contributed by atoms with Gasteiger partial charge in [-0.2, -0.15) is 0 Å². The Hall–Kier alpha value is -2.28. The minimum atomic E-state index is -0.952. The molecule has 0 N–H and O–H groups in total. The van der Waals surface area contributed by atoms with Crippen LogP contribution in [0.25, 0.3) is 0 Å². The average molecular weight is 529 g/mol. The number of ether oxygens (including phenoxy) is 2. The summed E-state index contributed by atoms with van der Waals surface area (Å²) >= 11 is 7.00. The Bertz CT molecular complexity index is 1120. The number of benzene rings is 3. The predicted molar refractivity (Wildman–Crippen MR) is 125 cm³/mol. The number of aliphatic imine (C=N–C) groups is 1. The zero-order valence-corrected chi connectivity index (χ0v) is 19.7. The topological polar surface area (TPSA) is 47.9 Å². The summed E-state index contributed by atoms with van der Waals surface area (Å²) in [6, 6.07) is 21.4. The highest BCUT2D eigenvalue weighted by Crippen LogP contribution is 2.48. The number of carbonyl (C=O) groups is 1. The normalized spacial score (nSPS) is 17.4. The summed E-state index contributed by atoms with van der Waals surface area (Å²) in [6.07, 6.45) is 0. The van der Waals surface area contributed by atoms with E-state index in [-0.39, 0.29) is 5.97 Å². The van der Waals surface area contributed by atoms with Crippen molar-refractivity contribution in [3.05, 3.63) is 97.9 Å². The maximum absolute atomic E-state index is 12.4. The molecule has 1 unspecified atom stereocenters. The molecule has 1 heterocycles. The van der Waals surface area contributed by atoms with E-state index in [0.29, 0.717) is 12.2 Å². The molecule has 30 heavy (non-hydrogen) atoms. The number of carbonyl (C=O) groups excluding carboxylic acids is 1. The lowest BCUT2D eigenvalue weighted by atomic mass is 9.80. The van der Waals surface area contributed by atoms with Gasteiger partial charge in [-0.1, -0.05) is 56.1 Å². The second-order valence-corrected chi connectivity index (χ2v) is 8.64. The monoisotopic (exact) mass is 527 g/mol. The number of halogens is 2. The molecule has 0 saturated carbocycles. The van der Waals surface area contributed by atoms with Crippen molar-refractivity contribution in [1.82, 2.24) is 0 Å². The molecule has 152 valence electrons. The molecule has 0 aliphatic carbocycles. The third kappa shape index (κ3) is 3.53. The SMILES string of the molecule is CCOC(=O)c1ccc2c(c1)C(OC)(c1ccc(Br)cc1)C(c1ccc(Br)cc1)=N2. The average Bonchev–Trinajstić information content (AvgIpc) is 3.09. The molecule has 0 spiro atoms. The summed E-state index contributed by atoms with van der Waals surface area (Å²) in [5.41, 5.74) is 3.75.